The summed E-state index contributed by atoms with van der Waals surface area (Å²) in [6.07, 6.45) is 0. The van der Waals surface area contributed by atoms with Gasteiger partial charge in [0.1, 0.15) is 0 Å². The molecule has 9 aromatic rings. The van der Waals surface area contributed by atoms with E-state index < -0.39 is 8.07 Å². The average Bonchev–Trinajstić information content (AvgIpc) is 3.70. The van der Waals surface area contributed by atoms with E-state index in [0.717, 1.165) is 11.4 Å². The van der Waals surface area contributed by atoms with Gasteiger partial charge in [-0.2, -0.15) is 0 Å². The molecule has 0 aromatic heterocycles. The Morgan fingerprint density at radius 2 is 0.930 bits per heavy atom. The number of benzene rings is 9. The summed E-state index contributed by atoms with van der Waals surface area (Å²) in [4.78, 5) is 2.53. The highest BCUT2D eigenvalue weighted by molar-refractivity contribution is 7.22. The van der Waals surface area contributed by atoms with Crippen molar-refractivity contribution in [2.24, 2.45) is 0 Å². The first-order valence-electron chi connectivity index (χ1n) is 20.0. The van der Waals surface area contributed by atoms with Crippen LogP contribution in [0.5, 0.6) is 0 Å². The molecule has 1 aliphatic heterocycles. The summed E-state index contributed by atoms with van der Waals surface area (Å²) in [6.45, 7) is 4.79. The molecule has 0 fully saturated rings. The Kier molecular flexibility index (Phi) is 7.61. The fourth-order valence-corrected chi connectivity index (χ4v) is 15.3. The van der Waals surface area contributed by atoms with Crippen molar-refractivity contribution in [3.05, 3.63) is 223 Å². The molecule has 0 spiro atoms. The number of nitrogens with zero attached hydrogens (tertiary/aromatic N) is 1. The molecular formula is C55H41NSi. The van der Waals surface area contributed by atoms with Crippen LogP contribution in [0.15, 0.2) is 212 Å². The van der Waals surface area contributed by atoms with Gasteiger partial charge in [-0.3, -0.25) is 0 Å². The number of fused-ring (bicyclic) bond motifs is 7. The summed E-state index contributed by atoms with van der Waals surface area (Å²) in [6, 6.07) is 79.5. The maximum Gasteiger partial charge on any atom is 0.180 e. The third-order valence-electron chi connectivity index (χ3n) is 12.7. The van der Waals surface area contributed by atoms with E-state index in [1.807, 2.05) is 0 Å². The van der Waals surface area contributed by atoms with Crippen LogP contribution in [0, 0.1) is 0 Å². The fraction of sp³-hybridized carbons (Fsp3) is 0.0545. The summed E-state index contributed by atoms with van der Waals surface area (Å²) < 4.78 is 0. The van der Waals surface area contributed by atoms with E-state index in [9.17, 15) is 0 Å². The van der Waals surface area contributed by atoms with Gasteiger partial charge in [-0.1, -0.05) is 184 Å². The maximum atomic E-state index is 2.53. The first-order chi connectivity index (χ1) is 28.0. The molecule has 1 nitrogen and oxygen atoms in total. The van der Waals surface area contributed by atoms with E-state index in [-0.39, 0.29) is 5.41 Å². The molecule has 9 aromatic carbocycles. The van der Waals surface area contributed by atoms with Crippen LogP contribution in [0.25, 0.3) is 44.2 Å². The van der Waals surface area contributed by atoms with Gasteiger partial charge < -0.3 is 4.90 Å². The van der Waals surface area contributed by atoms with Gasteiger partial charge in [0.2, 0.25) is 0 Å². The van der Waals surface area contributed by atoms with Crippen molar-refractivity contribution in [3.8, 4) is 33.4 Å². The Labute approximate surface area is 336 Å². The maximum absolute atomic E-state index is 2.69. The highest BCUT2D eigenvalue weighted by atomic mass is 28.3. The zero-order chi connectivity index (χ0) is 38.1. The molecule has 0 unspecified atom stereocenters. The van der Waals surface area contributed by atoms with E-state index in [0.29, 0.717) is 0 Å². The molecule has 2 heteroatoms. The summed E-state index contributed by atoms with van der Waals surface area (Å²) in [5, 5.41) is 8.27. The Morgan fingerprint density at radius 3 is 1.63 bits per heavy atom. The zero-order valence-electron chi connectivity index (χ0n) is 32.2. The fourth-order valence-electron chi connectivity index (χ4n) is 10.1. The first kappa shape index (κ1) is 33.6. The average molecular weight is 744 g/mol. The Hall–Kier alpha value is -6.74. The van der Waals surface area contributed by atoms with Gasteiger partial charge in [0.05, 0.1) is 5.69 Å². The number of anilines is 3. The third-order valence-corrected chi connectivity index (χ3v) is 17.6. The van der Waals surface area contributed by atoms with Gasteiger partial charge in [0.15, 0.2) is 8.07 Å². The first-order valence-corrected chi connectivity index (χ1v) is 22.0. The molecule has 0 bridgehead atoms. The smallest absolute Gasteiger partial charge is 0.180 e. The lowest BCUT2D eigenvalue weighted by Crippen LogP contribution is -2.72. The minimum atomic E-state index is -2.69. The lowest BCUT2D eigenvalue weighted by molar-refractivity contribution is 0.661. The normalized spacial score (nSPS) is 14.1. The van der Waals surface area contributed by atoms with Gasteiger partial charge in [0, 0.05) is 22.4 Å². The van der Waals surface area contributed by atoms with Crippen LogP contribution in [-0.2, 0) is 5.41 Å². The standard InChI is InChI=1S/C55H41NSi/c1-55(2)49-36-41-20-13-12-19-40(41)35-48(49)46-34-33-43(37-50(46)55)56(42-31-29-39(30-32-42)38-17-6-3-7-18-38)51-26-16-28-53-54(51)47-25-14-15-27-52(47)57(53,44-21-8-4-9-22-44)45-23-10-5-11-24-45/h3-37H,1-2H3. The van der Waals surface area contributed by atoms with Crippen LogP contribution < -0.4 is 25.6 Å². The molecule has 0 radical (unpaired) electrons. The van der Waals surface area contributed by atoms with Gasteiger partial charge in [-0.15, -0.1) is 0 Å². The second-order valence-electron chi connectivity index (χ2n) is 16.1. The van der Waals surface area contributed by atoms with E-state index in [1.165, 1.54) is 81.7 Å². The monoisotopic (exact) mass is 743 g/mol. The van der Waals surface area contributed by atoms with Gasteiger partial charge in [0.25, 0.3) is 0 Å². The number of hydrogen-bond donors (Lipinski definition) is 0. The molecular weight excluding hydrogens is 703 g/mol. The summed E-state index contributed by atoms with van der Waals surface area (Å²) in [5.41, 5.74) is 13.8. The van der Waals surface area contributed by atoms with E-state index in [2.05, 4.69) is 231 Å². The van der Waals surface area contributed by atoms with Crippen LogP contribution in [0.3, 0.4) is 0 Å². The largest absolute Gasteiger partial charge is 0.310 e. The number of hydrogen-bond acceptors (Lipinski definition) is 1. The van der Waals surface area contributed by atoms with Crippen LogP contribution >= 0.6 is 0 Å². The molecule has 1 heterocycles. The molecule has 57 heavy (non-hydrogen) atoms. The summed E-state index contributed by atoms with van der Waals surface area (Å²) >= 11 is 0. The quantitative estimate of drug-likeness (QED) is 0.153. The molecule has 0 atom stereocenters. The van der Waals surface area contributed by atoms with Crippen molar-refractivity contribution < 1.29 is 0 Å². The number of rotatable bonds is 6. The molecule has 0 amide bonds. The van der Waals surface area contributed by atoms with Crippen LogP contribution in [-0.4, -0.2) is 8.07 Å². The summed E-state index contributed by atoms with van der Waals surface area (Å²) in [7, 11) is -2.69. The minimum absolute atomic E-state index is 0.165. The molecule has 1 aliphatic carbocycles. The van der Waals surface area contributed by atoms with Crippen molar-refractivity contribution in [1.29, 1.82) is 0 Å². The molecule has 0 N–H and O–H groups in total. The van der Waals surface area contributed by atoms with Gasteiger partial charge in [-0.25, -0.2) is 0 Å². The highest BCUT2D eigenvalue weighted by Crippen LogP contribution is 2.52. The Morgan fingerprint density at radius 1 is 0.386 bits per heavy atom. The van der Waals surface area contributed by atoms with Crippen LogP contribution in [0.1, 0.15) is 25.0 Å². The molecule has 11 rings (SSSR count). The van der Waals surface area contributed by atoms with E-state index in [4.69, 9.17) is 0 Å². The van der Waals surface area contributed by atoms with Crippen molar-refractivity contribution >= 4 is 56.7 Å². The van der Waals surface area contributed by atoms with Crippen molar-refractivity contribution in [1.82, 2.24) is 0 Å². The third kappa shape index (κ3) is 5.00. The van der Waals surface area contributed by atoms with Crippen molar-refractivity contribution in [2.45, 2.75) is 19.3 Å². The van der Waals surface area contributed by atoms with Crippen LogP contribution in [0.2, 0.25) is 0 Å². The zero-order valence-corrected chi connectivity index (χ0v) is 33.2. The van der Waals surface area contributed by atoms with Crippen molar-refractivity contribution in [3.63, 3.8) is 0 Å². The highest BCUT2D eigenvalue weighted by Gasteiger charge is 2.49. The lowest BCUT2D eigenvalue weighted by Gasteiger charge is -2.32. The van der Waals surface area contributed by atoms with E-state index in [1.54, 1.807) is 0 Å². The van der Waals surface area contributed by atoms with Gasteiger partial charge in [-0.05, 0) is 113 Å². The molecule has 2 aliphatic rings. The Bertz CT molecular complexity index is 2930. The predicted molar refractivity (Wildman–Crippen MR) is 244 cm³/mol. The van der Waals surface area contributed by atoms with E-state index >= 15 is 0 Å². The molecule has 270 valence electrons. The Balaban J connectivity index is 1.17. The van der Waals surface area contributed by atoms with Gasteiger partial charge >= 0.3 is 0 Å². The predicted octanol–water partition coefficient (Wildman–Crippen LogP) is 11.6. The van der Waals surface area contributed by atoms with Crippen molar-refractivity contribution in [2.75, 3.05) is 4.90 Å². The lowest BCUT2D eigenvalue weighted by atomic mass is 9.81. The SMILES string of the molecule is CC1(C)c2cc(N(c3ccc(-c4ccccc4)cc3)c3cccc4c3-c3ccccc3[Si]4(c3ccccc3)c3ccccc3)ccc2-c2cc3ccccc3cc21. The van der Waals surface area contributed by atoms with Crippen LogP contribution in [0.4, 0.5) is 17.1 Å². The molecule has 0 saturated carbocycles. The second-order valence-corrected chi connectivity index (χ2v) is 19.8. The topological polar surface area (TPSA) is 3.24 Å². The second kappa shape index (κ2) is 12.9. The molecule has 0 saturated heterocycles. The minimum Gasteiger partial charge on any atom is -0.310 e. The summed E-state index contributed by atoms with van der Waals surface area (Å²) in [5.74, 6) is 0.